The number of rotatable bonds is 7. The van der Waals surface area contributed by atoms with E-state index in [2.05, 4.69) is 5.32 Å². The van der Waals surface area contributed by atoms with E-state index >= 15 is 0 Å². The zero-order valence-corrected chi connectivity index (χ0v) is 17.3. The molecule has 33 heavy (non-hydrogen) atoms. The van der Waals surface area contributed by atoms with E-state index in [9.17, 15) is 23.5 Å². The molecule has 8 heteroatoms. The number of alkyl carbamates (subject to hydrolysis) is 1. The Morgan fingerprint density at radius 1 is 1.00 bits per heavy atom. The molecule has 0 aliphatic heterocycles. The number of furan rings is 1. The Morgan fingerprint density at radius 3 is 2.55 bits per heavy atom. The summed E-state index contributed by atoms with van der Waals surface area (Å²) in [6, 6.07) is 18.2. The van der Waals surface area contributed by atoms with Crippen LogP contribution in [0.2, 0.25) is 0 Å². The smallest absolute Gasteiger partial charge is 0.408 e. The van der Waals surface area contributed by atoms with Crippen LogP contribution in [-0.2, 0) is 22.6 Å². The van der Waals surface area contributed by atoms with Crippen molar-refractivity contribution in [3.8, 4) is 11.1 Å². The van der Waals surface area contributed by atoms with Crippen molar-refractivity contribution < 1.29 is 32.6 Å². The number of hydrogen-bond acceptors (Lipinski definition) is 4. The van der Waals surface area contributed by atoms with Gasteiger partial charge < -0.3 is 19.6 Å². The highest BCUT2D eigenvalue weighted by Crippen LogP contribution is 2.29. The van der Waals surface area contributed by atoms with Crippen molar-refractivity contribution in [1.29, 1.82) is 0 Å². The topological polar surface area (TPSA) is 88.8 Å². The maximum Gasteiger partial charge on any atom is 0.408 e. The van der Waals surface area contributed by atoms with Gasteiger partial charge in [0.05, 0.1) is 0 Å². The second kappa shape index (κ2) is 9.52. The predicted molar refractivity (Wildman–Crippen MR) is 116 cm³/mol. The third kappa shape index (κ3) is 5.17. The van der Waals surface area contributed by atoms with Gasteiger partial charge in [-0.15, -0.1) is 0 Å². The van der Waals surface area contributed by atoms with Gasteiger partial charge in [0.15, 0.2) is 18.2 Å². The number of halogens is 2. The minimum Gasteiger partial charge on any atom is -0.480 e. The number of hydrogen-bond donors (Lipinski definition) is 2. The fourth-order valence-electron chi connectivity index (χ4n) is 3.43. The fraction of sp³-hybridized carbons (Fsp3) is 0.120. The molecule has 4 aromatic rings. The molecule has 0 aliphatic rings. The van der Waals surface area contributed by atoms with E-state index < -0.39 is 29.7 Å². The summed E-state index contributed by atoms with van der Waals surface area (Å²) < 4.78 is 38.4. The van der Waals surface area contributed by atoms with Gasteiger partial charge in [0.2, 0.25) is 0 Å². The minimum atomic E-state index is -1.18. The summed E-state index contributed by atoms with van der Waals surface area (Å²) in [7, 11) is 0. The molecule has 0 bridgehead atoms. The molecular formula is C25H19F2NO5. The van der Waals surface area contributed by atoms with Crippen LogP contribution in [0.4, 0.5) is 13.6 Å². The van der Waals surface area contributed by atoms with Crippen LogP contribution in [0.1, 0.15) is 11.3 Å². The molecule has 1 unspecified atom stereocenters. The highest BCUT2D eigenvalue weighted by molar-refractivity contribution is 5.84. The van der Waals surface area contributed by atoms with Crippen LogP contribution in [0.5, 0.6) is 0 Å². The van der Waals surface area contributed by atoms with E-state index in [0.29, 0.717) is 22.3 Å². The maximum absolute atomic E-state index is 14.1. The zero-order valence-electron chi connectivity index (χ0n) is 17.3. The monoisotopic (exact) mass is 451 g/mol. The van der Waals surface area contributed by atoms with Gasteiger partial charge in [0.1, 0.15) is 17.4 Å². The number of carboxylic acid groups (broad SMARTS) is 1. The van der Waals surface area contributed by atoms with E-state index in [1.165, 1.54) is 12.1 Å². The molecular weight excluding hydrogens is 432 g/mol. The van der Waals surface area contributed by atoms with Crippen LogP contribution in [0, 0.1) is 11.6 Å². The molecule has 6 nitrogen and oxygen atoms in total. The van der Waals surface area contributed by atoms with Gasteiger partial charge in [-0.3, -0.25) is 0 Å². The number of amides is 1. The summed E-state index contributed by atoms with van der Waals surface area (Å²) in [5.74, 6) is -2.75. The molecule has 1 aromatic heterocycles. The Hall–Kier alpha value is -4.20. The third-order valence-electron chi connectivity index (χ3n) is 5.05. The van der Waals surface area contributed by atoms with Crippen molar-refractivity contribution in [1.82, 2.24) is 5.32 Å². The lowest BCUT2D eigenvalue weighted by atomic mass is 10.0. The first-order valence-electron chi connectivity index (χ1n) is 10.1. The minimum absolute atomic E-state index is 0.106. The number of carboxylic acids is 1. The first-order chi connectivity index (χ1) is 15.9. The van der Waals surface area contributed by atoms with Gasteiger partial charge >= 0.3 is 12.1 Å². The quantitative estimate of drug-likeness (QED) is 0.398. The highest BCUT2D eigenvalue weighted by atomic mass is 19.2. The predicted octanol–water partition coefficient (Wildman–Crippen LogP) is 5.30. The van der Waals surface area contributed by atoms with E-state index in [0.717, 1.165) is 11.6 Å². The van der Waals surface area contributed by atoms with E-state index in [1.807, 2.05) is 6.07 Å². The van der Waals surface area contributed by atoms with Crippen molar-refractivity contribution in [2.45, 2.75) is 19.1 Å². The highest BCUT2D eigenvalue weighted by Gasteiger charge is 2.21. The van der Waals surface area contributed by atoms with Crippen molar-refractivity contribution in [2.24, 2.45) is 0 Å². The number of nitrogens with one attached hydrogen (secondary N) is 1. The third-order valence-corrected chi connectivity index (χ3v) is 5.05. The van der Waals surface area contributed by atoms with E-state index in [4.69, 9.17) is 9.15 Å². The van der Waals surface area contributed by atoms with Crippen LogP contribution >= 0.6 is 0 Å². The molecule has 0 saturated carbocycles. The number of aliphatic carboxylic acids is 1. The normalized spacial score (nSPS) is 11.8. The van der Waals surface area contributed by atoms with Crippen LogP contribution in [0.15, 0.2) is 77.2 Å². The summed E-state index contributed by atoms with van der Waals surface area (Å²) in [5, 5.41) is 12.3. The number of carbonyl (C=O) groups is 2. The zero-order chi connectivity index (χ0) is 23.4. The number of carbonyl (C=O) groups excluding carboxylic acids is 1. The van der Waals surface area contributed by atoms with Gasteiger partial charge in [-0.2, -0.15) is 0 Å². The van der Waals surface area contributed by atoms with Crippen molar-refractivity contribution in [3.05, 3.63) is 95.8 Å². The van der Waals surface area contributed by atoms with Gasteiger partial charge in [-0.1, -0.05) is 48.5 Å². The van der Waals surface area contributed by atoms with Crippen molar-refractivity contribution in [3.63, 3.8) is 0 Å². The average Bonchev–Trinajstić information content (AvgIpc) is 3.22. The average molecular weight is 451 g/mol. The Bertz CT molecular complexity index is 1300. The van der Waals surface area contributed by atoms with Gasteiger partial charge in [-0.25, -0.2) is 18.4 Å². The Morgan fingerprint density at radius 2 is 1.79 bits per heavy atom. The molecule has 3 aromatic carbocycles. The molecule has 0 radical (unpaired) electrons. The molecule has 2 N–H and O–H groups in total. The first-order valence-corrected chi connectivity index (χ1v) is 10.1. The summed E-state index contributed by atoms with van der Waals surface area (Å²) in [4.78, 5) is 23.6. The number of ether oxygens (including phenoxy) is 1. The molecule has 0 saturated heterocycles. The van der Waals surface area contributed by atoms with E-state index in [1.54, 1.807) is 48.5 Å². The molecule has 0 spiro atoms. The lowest BCUT2D eigenvalue weighted by Gasteiger charge is -2.14. The summed E-state index contributed by atoms with van der Waals surface area (Å²) >= 11 is 0. The summed E-state index contributed by atoms with van der Waals surface area (Å²) in [6.45, 7) is -0.234. The lowest BCUT2D eigenvalue weighted by Crippen LogP contribution is -2.42. The molecule has 1 heterocycles. The molecule has 0 fully saturated rings. The van der Waals surface area contributed by atoms with Crippen molar-refractivity contribution >= 4 is 23.0 Å². The number of fused-ring (bicyclic) bond motifs is 1. The Kier molecular flexibility index (Phi) is 6.35. The first kappa shape index (κ1) is 22.0. The van der Waals surface area contributed by atoms with Crippen LogP contribution < -0.4 is 5.32 Å². The van der Waals surface area contributed by atoms with Gasteiger partial charge in [0, 0.05) is 17.4 Å². The molecule has 0 aliphatic carbocycles. The second-order valence-electron chi connectivity index (χ2n) is 7.37. The van der Waals surface area contributed by atoms with Crippen LogP contribution in [0.25, 0.3) is 22.1 Å². The number of benzene rings is 3. The Balaban J connectivity index is 1.42. The van der Waals surface area contributed by atoms with Crippen LogP contribution in [0.3, 0.4) is 0 Å². The second-order valence-corrected chi connectivity index (χ2v) is 7.37. The standard InChI is InChI=1S/C25H19F2NO5/c26-20-8-4-7-19(23(20)27)16-9-10-22-17(12-16)13-18(33-22)14-32-25(31)28-21(24(29)30)11-15-5-2-1-3-6-15/h1-10,12-13,21H,11,14H2,(H,28,31)(H,29,30). The molecule has 168 valence electrons. The molecule has 1 amide bonds. The SMILES string of the molecule is O=C(NC(Cc1ccccc1)C(=O)O)OCc1cc2cc(-c3cccc(F)c3F)ccc2o1. The van der Waals surface area contributed by atoms with Gasteiger partial charge in [0.25, 0.3) is 0 Å². The fourth-order valence-corrected chi connectivity index (χ4v) is 3.43. The summed E-state index contributed by atoms with van der Waals surface area (Å²) in [5.41, 5.74) is 1.82. The lowest BCUT2D eigenvalue weighted by molar-refractivity contribution is -0.139. The van der Waals surface area contributed by atoms with Crippen molar-refractivity contribution in [2.75, 3.05) is 0 Å². The maximum atomic E-state index is 14.1. The van der Waals surface area contributed by atoms with Crippen LogP contribution in [-0.4, -0.2) is 23.2 Å². The van der Waals surface area contributed by atoms with Gasteiger partial charge in [-0.05, 0) is 35.4 Å². The summed E-state index contributed by atoms with van der Waals surface area (Å²) in [6.07, 6.45) is -0.795. The molecule has 1 atom stereocenters. The van der Waals surface area contributed by atoms with E-state index in [-0.39, 0.29) is 18.6 Å². The Labute approximate surface area is 187 Å². The molecule has 4 rings (SSSR count). The largest absolute Gasteiger partial charge is 0.480 e.